The van der Waals surface area contributed by atoms with Crippen molar-refractivity contribution in [2.45, 2.75) is 19.0 Å². The normalized spacial score (nSPS) is 10.5. The van der Waals surface area contributed by atoms with Crippen LogP contribution in [0.25, 0.3) is 0 Å². The summed E-state index contributed by atoms with van der Waals surface area (Å²) in [5.74, 6) is 1.29. The van der Waals surface area contributed by atoms with E-state index in [0.29, 0.717) is 16.7 Å². The molecule has 0 aromatic carbocycles. The zero-order valence-electron chi connectivity index (χ0n) is 10.3. The van der Waals surface area contributed by atoms with E-state index >= 15 is 0 Å². The van der Waals surface area contributed by atoms with Gasteiger partial charge in [0, 0.05) is 6.07 Å². The molecule has 0 fully saturated rings. The van der Waals surface area contributed by atoms with Gasteiger partial charge in [0.2, 0.25) is 0 Å². The Morgan fingerprint density at radius 3 is 3.00 bits per heavy atom. The Hall–Kier alpha value is -1.60. The molecular weight excluding hydrogens is 288 g/mol. The fourth-order valence-corrected chi connectivity index (χ4v) is 2.03. The van der Waals surface area contributed by atoms with Crippen LogP contribution in [0.3, 0.4) is 0 Å². The zero-order chi connectivity index (χ0) is 13.8. The maximum atomic E-state index is 12.0. The molecule has 1 amide bonds. The number of hydrogen-bond donors (Lipinski definition) is 1. The van der Waals surface area contributed by atoms with Crippen LogP contribution in [-0.2, 0) is 0 Å². The first-order valence-electron chi connectivity index (χ1n) is 5.50. The lowest BCUT2D eigenvalue weighted by Gasteiger charge is -2.04. The molecule has 2 aromatic rings. The number of carbonyl (C=O) groups excluding carboxylic acids is 1. The van der Waals surface area contributed by atoms with Crippen molar-refractivity contribution < 1.29 is 9.32 Å². The Balaban J connectivity index is 2.20. The molecule has 0 aliphatic carbocycles. The van der Waals surface area contributed by atoms with E-state index in [4.69, 9.17) is 16.1 Å². The van der Waals surface area contributed by atoms with E-state index in [1.165, 1.54) is 18.0 Å². The molecule has 0 spiro atoms. The summed E-state index contributed by atoms with van der Waals surface area (Å²) in [6.07, 6.45) is 1.41. The predicted octanol–water partition coefficient (Wildman–Crippen LogP) is 2.79. The number of nitrogens with one attached hydrogen (secondary N) is 1. The molecule has 8 heteroatoms. The number of amides is 1. The molecule has 2 aromatic heterocycles. The molecule has 0 saturated carbocycles. The summed E-state index contributed by atoms with van der Waals surface area (Å²) in [4.78, 5) is 20.2. The van der Waals surface area contributed by atoms with Crippen LogP contribution in [-0.4, -0.2) is 26.8 Å². The second kappa shape index (κ2) is 6.03. The van der Waals surface area contributed by atoms with Gasteiger partial charge in [-0.05, 0) is 12.7 Å². The van der Waals surface area contributed by atoms with Crippen LogP contribution in [0.2, 0.25) is 5.02 Å². The second-order valence-corrected chi connectivity index (χ2v) is 5.20. The monoisotopic (exact) mass is 298 g/mol. The molecule has 0 unspecified atom stereocenters. The molecular formula is C11H11ClN4O2S. The van der Waals surface area contributed by atoms with Crippen LogP contribution < -0.4 is 5.32 Å². The number of hydrogen-bond acceptors (Lipinski definition) is 6. The number of carbonyl (C=O) groups is 1. The molecule has 19 heavy (non-hydrogen) atoms. The van der Waals surface area contributed by atoms with Gasteiger partial charge in [0.15, 0.2) is 16.7 Å². The third-order valence-corrected chi connectivity index (χ3v) is 3.10. The first-order chi connectivity index (χ1) is 9.10. The Kier molecular flexibility index (Phi) is 4.39. The second-order valence-electron chi connectivity index (χ2n) is 3.56. The van der Waals surface area contributed by atoms with Gasteiger partial charge in [-0.2, -0.15) is 0 Å². The Labute approximate surface area is 118 Å². The number of anilines is 1. The van der Waals surface area contributed by atoms with Gasteiger partial charge in [-0.1, -0.05) is 35.4 Å². The Bertz CT molecular complexity index is 602. The van der Waals surface area contributed by atoms with Crippen molar-refractivity contribution >= 4 is 35.1 Å². The average molecular weight is 299 g/mol. The Morgan fingerprint density at radius 1 is 1.58 bits per heavy atom. The molecule has 2 heterocycles. The molecule has 2 rings (SSSR count). The maximum Gasteiger partial charge on any atom is 0.277 e. The number of halogens is 1. The molecule has 6 nitrogen and oxygen atoms in total. The zero-order valence-corrected chi connectivity index (χ0v) is 11.9. The van der Waals surface area contributed by atoms with Crippen molar-refractivity contribution in [2.24, 2.45) is 0 Å². The fraction of sp³-hybridized carbons (Fsp3) is 0.273. The van der Waals surface area contributed by atoms with Gasteiger partial charge in [0.05, 0.1) is 11.2 Å². The molecule has 0 radical (unpaired) electrons. The lowest BCUT2D eigenvalue weighted by molar-refractivity contribution is 0.102. The van der Waals surface area contributed by atoms with Crippen molar-refractivity contribution in [1.82, 2.24) is 15.1 Å². The summed E-state index contributed by atoms with van der Waals surface area (Å²) in [5.41, 5.74) is 0.119. The third-order valence-electron chi connectivity index (χ3n) is 2.08. The minimum Gasteiger partial charge on any atom is -0.360 e. The number of aromatic nitrogens is 3. The van der Waals surface area contributed by atoms with Gasteiger partial charge in [0.25, 0.3) is 5.91 Å². The fourth-order valence-electron chi connectivity index (χ4n) is 1.31. The average Bonchev–Trinajstić information content (AvgIpc) is 2.77. The third kappa shape index (κ3) is 3.45. The Morgan fingerprint density at radius 2 is 2.37 bits per heavy atom. The lowest BCUT2D eigenvalue weighted by Crippen LogP contribution is -2.15. The van der Waals surface area contributed by atoms with E-state index in [9.17, 15) is 4.79 Å². The minimum atomic E-state index is -0.446. The van der Waals surface area contributed by atoms with Gasteiger partial charge in [-0.15, -0.1) is 0 Å². The highest BCUT2D eigenvalue weighted by atomic mass is 35.5. The first-order valence-corrected chi connectivity index (χ1v) is 6.86. The number of thioether (sulfide) groups is 1. The molecule has 1 N–H and O–H groups in total. The number of aryl methyl sites for hydroxylation is 1. The van der Waals surface area contributed by atoms with Gasteiger partial charge >= 0.3 is 0 Å². The van der Waals surface area contributed by atoms with E-state index in [0.717, 1.165) is 5.75 Å². The summed E-state index contributed by atoms with van der Waals surface area (Å²) in [7, 11) is 0. The van der Waals surface area contributed by atoms with Gasteiger partial charge in [-0.25, -0.2) is 9.97 Å². The summed E-state index contributed by atoms with van der Waals surface area (Å²) in [6, 6.07) is 1.61. The van der Waals surface area contributed by atoms with Gasteiger partial charge in [0.1, 0.15) is 5.76 Å². The van der Waals surface area contributed by atoms with Crippen LogP contribution in [0.15, 0.2) is 21.9 Å². The van der Waals surface area contributed by atoms with E-state index in [1.54, 1.807) is 13.0 Å². The van der Waals surface area contributed by atoms with Gasteiger partial charge in [-0.3, -0.25) is 4.79 Å². The van der Waals surface area contributed by atoms with Crippen molar-refractivity contribution in [2.75, 3.05) is 11.1 Å². The summed E-state index contributed by atoms with van der Waals surface area (Å²) >= 11 is 7.35. The number of nitrogens with zero attached hydrogens (tertiary/aromatic N) is 3. The highest BCUT2D eigenvalue weighted by Gasteiger charge is 2.15. The van der Waals surface area contributed by atoms with Crippen LogP contribution in [0.4, 0.5) is 5.82 Å². The smallest absolute Gasteiger partial charge is 0.277 e. The maximum absolute atomic E-state index is 12.0. The predicted molar refractivity (Wildman–Crippen MR) is 72.6 cm³/mol. The van der Waals surface area contributed by atoms with E-state index in [2.05, 4.69) is 20.4 Å². The van der Waals surface area contributed by atoms with Crippen molar-refractivity contribution in [3.05, 3.63) is 28.7 Å². The topological polar surface area (TPSA) is 80.9 Å². The summed E-state index contributed by atoms with van der Waals surface area (Å²) < 4.78 is 4.86. The van der Waals surface area contributed by atoms with E-state index in [1.807, 2.05) is 6.92 Å². The molecule has 0 aliphatic heterocycles. The van der Waals surface area contributed by atoms with E-state index in [-0.39, 0.29) is 10.7 Å². The van der Waals surface area contributed by atoms with Crippen LogP contribution >= 0.6 is 23.4 Å². The standard InChI is InChI=1S/C11H11ClN4O2S/c1-3-19-11-13-5-7(12)9(15-11)10(17)14-8-4-6(2)18-16-8/h4-5H,3H2,1-2H3,(H,14,16,17). The van der Waals surface area contributed by atoms with Crippen molar-refractivity contribution in [3.8, 4) is 0 Å². The van der Waals surface area contributed by atoms with Crippen molar-refractivity contribution in [1.29, 1.82) is 0 Å². The van der Waals surface area contributed by atoms with Crippen LogP contribution in [0.5, 0.6) is 0 Å². The summed E-state index contributed by atoms with van der Waals surface area (Å²) in [5, 5.41) is 6.93. The SMILES string of the molecule is CCSc1ncc(Cl)c(C(=O)Nc2cc(C)on2)n1. The lowest BCUT2D eigenvalue weighted by atomic mass is 10.3. The van der Waals surface area contributed by atoms with Crippen LogP contribution in [0, 0.1) is 6.92 Å². The largest absolute Gasteiger partial charge is 0.360 e. The quantitative estimate of drug-likeness (QED) is 0.690. The molecule has 0 aliphatic rings. The van der Waals surface area contributed by atoms with E-state index < -0.39 is 5.91 Å². The first kappa shape index (κ1) is 13.8. The molecule has 100 valence electrons. The molecule has 0 saturated heterocycles. The number of rotatable bonds is 4. The molecule has 0 bridgehead atoms. The highest BCUT2D eigenvalue weighted by Crippen LogP contribution is 2.19. The minimum absolute atomic E-state index is 0.119. The molecule has 0 atom stereocenters. The van der Waals surface area contributed by atoms with Gasteiger partial charge < -0.3 is 9.84 Å². The highest BCUT2D eigenvalue weighted by molar-refractivity contribution is 7.99. The van der Waals surface area contributed by atoms with Crippen molar-refractivity contribution in [3.63, 3.8) is 0 Å². The van der Waals surface area contributed by atoms with Crippen LogP contribution in [0.1, 0.15) is 23.2 Å². The summed E-state index contributed by atoms with van der Waals surface area (Å²) in [6.45, 7) is 3.71.